The van der Waals surface area contributed by atoms with Gasteiger partial charge in [-0.3, -0.25) is 9.59 Å². The largest absolute Gasteiger partial charge is 0.466 e. The predicted octanol–water partition coefficient (Wildman–Crippen LogP) is 0.185. The number of hydrogen-bond donors (Lipinski definition) is 1. The lowest BCUT2D eigenvalue weighted by atomic mass is 10.3. The van der Waals surface area contributed by atoms with Crippen LogP contribution in [0.4, 0.5) is 5.13 Å². The monoisotopic (exact) mass is 269 g/mol. The van der Waals surface area contributed by atoms with Crippen LogP contribution >= 0.6 is 11.3 Å². The Morgan fingerprint density at radius 1 is 1.67 bits per heavy atom. The molecule has 2 rings (SSSR count). The van der Waals surface area contributed by atoms with Crippen LogP contribution in [-0.4, -0.2) is 43.1 Å². The van der Waals surface area contributed by atoms with E-state index in [2.05, 4.69) is 10.3 Å². The van der Waals surface area contributed by atoms with E-state index < -0.39 is 0 Å². The number of anilines is 1. The van der Waals surface area contributed by atoms with Crippen molar-refractivity contribution in [2.24, 2.45) is 0 Å². The highest BCUT2D eigenvalue weighted by Crippen LogP contribution is 2.21. The van der Waals surface area contributed by atoms with Gasteiger partial charge in [0, 0.05) is 18.5 Å². The van der Waals surface area contributed by atoms with E-state index in [1.807, 2.05) is 10.3 Å². The zero-order valence-electron chi connectivity index (χ0n) is 10.1. The van der Waals surface area contributed by atoms with E-state index in [-0.39, 0.29) is 18.3 Å². The molecule has 2 heterocycles. The fourth-order valence-electron chi connectivity index (χ4n) is 1.68. The average Bonchev–Trinajstić information content (AvgIpc) is 2.78. The number of hydrogen-bond acceptors (Lipinski definition) is 6. The second-order valence-corrected chi connectivity index (χ2v) is 4.71. The number of carbonyl (C=O) groups is 2. The molecule has 1 aliphatic rings. The van der Waals surface area contributed by atoms with Gasteiger partial charge in [-0.05, 0) is 6.92 Å². The van der Waals surface area contributed by atoms with Crippen LogP contribution in [0.15, 0.2) is 5.38 Å². The summed E-state index contributed by atoms with van der Waals surface area (Å²) in [5, 5.41) is 5.37. The minimum Gasteiger partial charge on any atom is -0.466 e. The Kier molecular flexibility index (Phi) is 4.14. The number of ether oxygens (including phenoxy) is 1. The molecule has 1 saturated heterocycles. The van der Waals surface area contributed by atoms with Crippen molar-refractivity contribution in [3.63, 3.8) is 0 Å². The third-order valence-corrected chi connectivity index (χ3v) is 3.43. The third kappa shape index (κ3) is 3.19. The summed E-state index contributed by atoms with van der Waals surface area (Å²) in [5.41, 5.74) is 0.694. The first-order chi connectivity index (χ1) is 8.69. The van der Waals surface area contributed by atoms with Crippen molar-refractivity contribution in [1.82, 2.24) is 10.3 Å². The van der Waals surface area contributed by atoms with Crippen LogP contribution in [0.1, 0.15) is 12.6 Å². The fraction of sp³-hybridized carbons (Fsp3) is 0.545. The lowest BCUT2D eigenvalue weighted by Gasteiger charge is -2.25. The number of aromatic nitrogens is 1. The molecule has 6 nitrogen and oxygen atoms in total. The summed E-state index contributed by atoms with van der Waals surface area (Å²) in [6.07, 6.45) is 0.185. The van der Waals surface area contributed by atoms with Gasteiger partial charge in [-0.25, -0.2) is 4.98 Å². The molecule has 1 aliphatic heterocycles. The number of nitrogens with one attached hydrogen (secondary N) is 1. The molecule has 18 heavy (non-hydrogen) atoms. The van der Waals surface area contributed by atoms with Gasteiger partial charge >= 0.3 is 5.97 Å². The van der Waals surface area contributed by atoms with Gasteiger partial charge in [-0.1, -0.05) is 0 Å². The Labute approximate surface area is 109 Å². The Bertz CT molecular complexity index is 446. The van der Waals surface area contributed by atoms with Crippen LogP contribution in [0.3, 0.4) is 0 Å². The lowest BCUT2D eigenvalue weighted by molar-refractivity contribution is -0.142. The Morgan fingerprint density at radius 2 is 2.50 bits per heavy atom. The lowest BCUT2D eigenvalue weighted by Crippen LogP contribution is -2.47. The van der Waals surface area contributed by atoms with Gasteiger partial charge in [0.25, 0.3) is 0 Å². The van der Waals surface area contributed by atoms with E-state index in [0.29, 0.717) is 25.4 Å². The predicted molar refractivity (Wildman–Crippen MR) is 67.7 cm³/mol. The van der Waals surface area contributed by atoms with Crippen LogP contribution in [0.5, 0.6) is 0 Å². The van der Waals surface area contributed by atoms with E-state index in [1.54, 1.807) is 6.92 Å². The van der Waals surface area contributed by atoms with E-state index in [9.17, 15) is 9.59 Å². The number of esters is 1. The summed E-state index contributed by atoms with van der Waals surface area (Å²) in [6.45, 7) is 3.86. The highest BCUT2D eigenvalue weighted by Gasteiger charge is 2.19. The van der Waals surface area contributed by atoms with Gasteiger partial charge in [-0.15, -0.1) is 11.3 Å². The summed E-state index contributed by atoms with van der Waals surface area (Å²) in [7, 11) is 0. The summed E-state index contributed by atoms with van der Waals surface area (Å²) >= 11 is 1.45. The number of amides is 1. The third-order valence-electron chi connectivity index (χ3n) is 2.48. The van der Waals surface area contributed by atoms with E-state index in [1.165, 1.54) is 11.3 Å². The molecule has 98 valence electrons. The standard InChI is InChI=1S/C11H15N3O3S/c1-2-17-10(16)5-8-7-18-11(13-8)14-4-3-12-9(15)6-14/h7H,2-6H2,1H3,(H,12,15). The van der Waals surface area contributed by atoms with Crippen molar-refractivity contribution in [3.8, 4) is 0 Å². The minimum atomic E-state index is -0.272. The first-order valence-electron chi connectivity index (χ1n) is 5.80. The highest BCUT2D eigenvalue weighted by molar-refractivity contribution is 7.13. The molecule has 0 saturated carbocycles. The first-order valence-corrected chi connectivity index (χ1v) is 6.68. The number of thiazole rings is 1. The second kappa shape index (κ2) is 5.81. The molecule has 1 N–H and O–H groups in total. The molecule has 0 atom stereocenters. The molecule has 1 fully saturated rings. The number of nitrogens with zero attached hydrogens (tertiary/aromatic N) is 2. The molecular weight excluding hydrogens is 254 g/mol. The maximum atomic E-state index is 11.3. The quantitative estimate of drug-likeness (QED) is 0.790. The first kappa shape index (κ1) is 12.8. The summed E-state index contributed by atoms with van der Waals surface area (Å²) < 4.78 is 4.87. The van der Waals surface area contributed by atoms with Crippen molar-refractivity contribution < 1.29 is 14.3 Å². The SMILES string of the molecule is CCOC(=O)Cc1csc(N2CCNC(=O)C2)n1. The molecule has 0 aromatic carbocycles. The molecule has 7 heteroatoms. The van der Waals surface area contributed by atoms with E-state index >= 15 is 0 Å². The van der Waals surface area contributed by atoms with Crippen molar-refractivity contribution in [1.29, 1.82) is 0 Å². The fourth-order valence-corrected chi connectivity index (χ4v) is 2.54. The molecule has 1 aromatic rings. The smallest absolute Gasteiger partial charge is 0.311 e. The number of carbonyl (C=O) groups excluding carboxylic acids is 2. The summed E-state index contributed by atoms with van der Waals surface area (Å²) in [6, 6.07) is 0. The van der Waals surface area contributed by atoms with Crippen molar-refractivity contribution in [2.45, 2.75) is 13.3 Å². The molecule has 1 aromatic heterocycles. The molecule has 0 bridgehead atoms. The van der Waals surface area contributed by atoms with Crippen LogP contribution < -0.4 is 10.2 Å². The van der Waals surface area contributed by atoms with Gasteiger partial charge in [-0.2, -0.15) is 0 Å². The molecular formula is C11H15N3O3S. The Balaban J connectivity index is 1.97. The van der Waals surface area contributed by atoms with E-state index in [0.717, 1.165) is 11.7 Å². The minimum absolute atomic E-state index is 0.00314. The van der Waals surface area contributed by atoms with Crippen LogP contribution in [-0.2, 0) is 20.7 Å². The zero-order chi connectivity index (χ0) is 13.0. The van der Waals surface area contributed by atoms with Gasteiger partial charge in [0.2, 0.25) is 5.91 Å². The normalized spacial score (nSPS) is 15.4. The number of piperazine rings is 1. The van der Waals surface area contributed by atoms with Crippen molar-refractivity contribution in [2.75, 3.05) is 31.1 Å². The average molecular weight is 269 g/mol. The van der Waals surface area contributed by atoms with Crippen molar-refractivity contribution in [3.05, 3.63) is 11.1 Å². The van der Waals surface area contributed by atoms with Crippen LogP contribution in [0, 0.1) is 0 Å². The molecule has 0 spiro atoms. The number of rotatable bonds is 4. The Hall–Kier alpha value is -1.63. The van der Waals surface area contributed by atoms with Gasteiger partial charge in [0.15, 0.2) is 5.13 Å². The highest BCUT2D eigenvalue weighted by atomic mass is 32.1. The summed E-state index contributed by atoms with van der Waals surface area (Å²) in [4.78, 5) is 28.9. The molecule has 0 unspecified atom stereocenters. The van der Waals surface area contributed by atoms with Gasteiger partial charge in [0.05, 0.1) is 25.3 Å². The maximum absolute atomic E-state index is 11.3. The molecule has 0 radical (unpaired) electrons. The van der Waals surface area contributed by atoms with Crippen LogP contribution in [0.25, 0.3) is 0 Å². The van der Waals surface area contributed by atoms with E-state index in [4.69, 9.17) is 4.74 Å². The molecule has 0 aliphatic carbocycles. The van der Waals surface area contributed by atoms with Crippen LogP contribution in [0.2, 0.25) is 0 Å². The molecule has 1 amide bonds. The topological polar surface area (TPSA) is 71.5 Å². The van der Waals surface area contributed by atoms with Crippen molar-refractivity contribution >= 4 is 28.3 Å². The zero-order valence-corrected chi connectivity index (χ0v) is 11.0. The maximum Gasteiger partial charge on any atom is 0.311 e. The van der Waals surface area contributed by atoms with Gasteiger partial charge in [0.1, 0.15) is 0 Å². The van der Waals surface area contributed by atoms with Gasteiger partial charge < -0.3 is 15.0 Å². The summed E-state index contributed by atoms with van der Waals surface area (Å²) in [5.74, 6) is -0.269. The second-order valence-electron chi connectivity index (χ2n) is 3.87. The Morgan fingerprint density at radius 3 is 3.22 bits per heavy atom.